The summed E-state index contributed by atoms with van der Waals surface area (Å²) >= 11 is 0. The summed E-state index contributed by atoms with van der Waals surface area (Å²) in [6, 6.07) is 7.27. The van der Waals surface area contributed by atoms with Crippen molar-refractivity contribution in [2.45, 2.75) is 32.3 Å². The number of carbonyl (C=O) groups excluding carboxylic acids is 1. The van der Waals surface area contributed by atoms with Crippen molar-refractivity contribution < 1.29 is 9.53 Å². The van der Waals surface area contributed by atoms with Gasteiger partial charge in [0.05, 0.1) is 23.6 Å². The first kappa shape index (κ1) is 15.7. The molecule has 6 heteroatoms. The molecule has 1 aromatic carbocycles. The van der Waals surface area contributed by atoms with Gasteiger partial charge in [0.2, 0.25) is 5.91 Å². The van der Waals surface area contributed by atoms with E-state index in [2.05, 4.69) is 9.97 Å². The first-order chi connectivity index (χ1) is 11.1. The summed E-state index contributed by atoms with van der Waals surface area (Å²) in [4.78, 5) is 33.3. The van der Waals surface area contributed by atoms with E-state index in [4.69, 9.17) is 4.74 Å². The van der Waals surface area contributed by atoms with Crippen LogP contribution in [-0.4, -0.2) is 46.6 Å². The molecule has 122 valence electrons. The molecular weight excluding hydrogens is 294 g/mol. The molecule has 0 aliphatic carbocycles. The third-order valence-corrected chi connectivity index (χ3v) is 4.06. The van der Waals surface area contributed by atoms with Crippen LogP contribution in [-0.2, 0) is 16.0 Å². The molecule has 1 aliphatic rings. The lowest BCUT2D eigenvalue weighted by Crippen LogP contribution is -2.44. The second kappa shape index (κ2) is 6.91. The summed E-state index contributed by atoms with van der Waals surface area (Å²) in [6.07, 6.45) is 1.83. The average Bonchev–Trinajstić information content (AvgIpc) is 2.55. The van der Waals surface area contributed by atoms with Gasteiger partial charge < -0.3 is 14.6 Å². The molecule has 0 radical (unpaired) electrons. The Morgan fingerprint density at radius 3 is 3.09 bits per heavy atom. The van der Waals surface area contributed by atoms with Gasteiger partial charge in [0.25, 0.3) is 5.56 Å². The number of ether oxygens (including phenoxy) is 1. The van der Waals surface area contributed by atoms with E-state index < -0.39 is 0 Å². The van der Waals surface area contributed by atoms with Crippen LogP contribution in [0.1, 0.15) is 25.6 Å². The molecule has 1 atom stereocenters. The van der Waals surface area contributed by atoms with Crippen LogP contribution in [0.5, 0.6) is 0 Å². The zero-order valence-corrected chi connectivity index (χ0v) is 13.2. The minimum Gasteiger partial charge on any atom is -0.375 e. The van der Waals surface area contributed by atoms with Crippen LogP contribution in [0.25, 0.3) is 10.9 Å². The second-order valence-corrected chi connectivity index (χ2v) is 5.90. The lowest BCUT2D eigenvalue weighted by Gasteiger charge is -2.31. The Hall–Kier alpha value is -2.21. The van der Waals surface area contributed by atoms with Crippen LogP contribution in [0.3, 0.4) is 0 Å². The van der Waals surface area contributed by atoms with Gasteiger partial charge >= 0.3 is 0 Å². The van der Waals surface area contributed by atoms with Crippen molar-refractivity contribution in [2.75, 3.05) is 19.7 Å². The summed E-state index contributed by atoms with van der Waals surface area (Å²) in [5.74, 6) is 0.778. The van der Waals surface area contributed by atoms with E-state index in [0.29, 0.717) is 55.7 Å². The van der Waals surface area contributed by atoms with Crippen molar-refractivity contribution in [1.29, 1.82) is 0 Å². The summed E-state index contributed by atoms with van der Waals surface area (Å²) in [6.45, 7) is 3.90. The fourth-order valence-electron chi connectivity index (χ4n) is 2.86. The van der Waals surface area contributed by atoms with E-state index in [1.54, 1.807) is 6.07 Å². The topological polar surface area (TPSA) is 75.3 Å². The number of fused-ring (bicyclic) bond motifs is 1. The number of nitrogens with zero attached hydrogens (tertiary/aromatic N) is 2. The highest BCUT2D eigenvalue weighted by Crippen LogP contribution is 2.10. The van der Waals surface area contributed by atoms with Gasteiger partial charge in [-0.2, -0.15) is 0 Å². The maximum atomic E-state index is 12.2. The van der Waals surface area contributed by atoms with Gasteiger partial charge in [0, 0.05) is 25.9 Å². The van der Waals surface area contributed by atoms with Crippen molar-refractivity contribution in [3.05, 3.63) is 40.4 Å². The van der Waals surface area contributed by atoms with Gasteiger partial charge in [-0.1, -0.05) is 12.1 Å². The zero-order chi connectivity index (χ0) is 16.2. The smallest absolute Gasteiger partial charge is 0.258 e. The number of aromatic amines is 1. The van der Waals surface area contributed by atoms with E-state index >= 15 is 0 Å². The monoisotopic (exact) mass is 315 g/mol. The Balaban J connectivity index is 1.58. The van der Waals surface area contributed by atoms with E-state index in [-0.39, 0.29) is 17.6 Å². The number of hydrogen-bond donors (Lipinski definition) is 1. The van der Waals surface area contributed by atoms with Crippen LogP contribution in [0.15, 0.2) is 29.1 Å². The van der Waals surface area contributed by atoms with E-state index in [0.717, 1.165) is 0 Å². The third-order valence-electron chi connectivity index (χ3n) is 4.06. The highest BCUT2D eigenvalue weighted by atomic mass is 16.5. The lowest BCUT2D eigenvalue weighted by atomic mass is 10.2. The van der Waals surface area contributed by atoms with E-state index in [1.165, 1.54) is 0 Å². The summed E-state index contributed by atoms with van der Waals surface area (Å²) < 4.78 is 5.44. The largest absolute Gasteiger partial charge is 0.375 e. The van der Waals surface area contributed by atoms with Crippen LogP contribution in [0, 0.1) is 0 Å². The number of H-pyrrole nitrogens is 1. The molecule has 6 nitrogen and oxygen atoms in total. The van der Waals surface area contributed by atoms with Crippen molar-refractivity contribution >= 4 is 16.8 Å². The maximum Gasteiger partial charge on any atom is 0.258 e. The molecule has 2 aromatic rings. The van der Waals surface area contributed by atoms with Gasteiger partial charge in [-0.3, -0.25) is 9.59 Å². The number of hydrogen-bond acceptors (Lipinski definition) is 4. The fourth-order valence-corrected chi connectivity index (χ4v) is 2.86. The Labute approximate surface area is 134 Å². The number of benzene rings is 1. The quantitative estimate of drug-likeness (QED) is 0.927. The highest BCUT2D eigenvalue weighted by Gasteiger charge is 2.20. The third kappa shape index (κ3) is 3.76. The molecule has 1 unspecified atom stereocenters. The molecule has 1 N–H and O–H groups in total. The Morgan fingerprint density at radius 2 is 2.26 bits per heavy atom. The summed E-state index contributed by atoms with van der Waals surface area (Å²) in [5.41, 5.74) is 0.568. The summed E-state index contributed by atoms with van der Waals surface area (Å²) in [7, 11) is 0. The number of amides is 1. The number of para-hydroxylation sites is 1. The van der Waals surface area contributed by atoms with Crippen LogP contribution >= 0.6 is 0 Å². The van der Waals surface area contributed by atoms with Crippen molar-refractivity contribution in [2.24, 2.45) is 0 Å². The van der Waals surface area contributed by atoms with Crippen molar-refractivity contribution in [1.82, 2.24) is 14.9 Å². The zero-order valence-electron chi connectivity index (χ0n) is 13.2. The first-order valence-corrected chi connectivity index (χ1v) is 8.01. The number of morpholine rings is 1. The molecule has 23 heavy (non-hydrogen) atoms. The van der Waals surface area contributed by atoms with Crippen LogP contribution in [0.4, 0.5) is 0 Å². The normalized spacial score (nSPS) is 18.3. The number of aromatic nitrogens is 2. The second-order valence-electron chi connectivity index (χ2n) is 5.90. The molecule has 3 rings (SSSR count). The van der Waals surface area contributed by atoms with Crippen molar-refractivity contribution in [3.8, 4) is 0 Å². The minimum absolute atomic E-state index is 0.103. The molecule has 0 saturated carbocycles. The average molecular weight is 315 g/mol. The minimum atomic E-state index is -0.126. The van der Waals surface area contributed by atoms with Crippen molar-refractivity contribution in [3.63, 3.8) is 0 Å². The molecule has 1 amide bonds. The van der Waals surface area contributed by atoms with Crippen LogP contribution < -0.4 is 5.56 Å². The highest BCUT2D eigenvalue weighted by molar-refractivity contribution is 5.77. The molecular formula is C17H21N3O3. The molecule has 1 aliphatic heterocycles. The van der Waals surface area contributed by atoms with E-state index in [9.17, 15) is 9.59 Å². The lowest BCUT2D eigenvalue weighted by molar-refractivity contribution is -0.138. The molecule has 1 saturated heterocycles. The van der Waals surface area contributed by atoms with Gasteiger partial charge in [0.15, 0.2) is 0 Å². The summed E-state index contributed by atoms with van der Waals surface area (Å²) in [5, 5.41) is 0.592. The Kier molecular flexibility index (Phi) is 4.71. The molecule has 0 spiro atoms. The van der Waals surface area contributed by atoms with Gasteiger partial charge in [-0.05, 0) is 25.5 Å². The Bertz CT molecular complexity index is 756. The molecule has 1 aromatic heterocycles. The molecule has 0 bridgehead atoms. The number of aryl methyl sites for hydroxylation is 1. The predicted molar refractivity (Wildman–Crippen MR) is 87.3 cm³/mol. The molecule has 1 fully saturated rings. The van der Waals surface area contributed by atoms with E-state index in [1.807, 2.05) is 30.0 Å². The van der Waals surface area contributed by atoms with Gasteiger partial charge in [-0.15, -0.1) is 0 Å². The number of carbonyl (C=O) groups is 1. The maximum absolute atomic E-state index is 12.2. The number of rotatable bonds is 4. The fraction of sp³-hybridized carbons (Fsp3) is 0.471. The Morgan fingerprint density at radius 1 is 1.43 bits per heavy atom. The first-order valence-electron chi connectivity index (χ1n) is 8.01. The SMILES string of the molecule is CC1CN(C(=O)CCCc2nc3ccccc3c(=O)[nH]2)CCO1. The van der Waals surface area contributed by atoms with Gasteiger partial charge in [0.1, 0.15) is 5.82 Å². The predicted octanol–water partition coefficient (Wildman–Crippen LogP) is 1.49. The van der Waals surface area contributed by atoms with Gasteiger partial charge in [-0.25, -0.2) is 4.98 Å². The number of nitrogens with one attached hydrogen (secondary N) is 1. The molecule has 2 heterocycles. The van der Waals surface area contributed by atoms with Crippen LogP contribution in [0.2, 0.25) is 0 Å². The standard InChI is InChI=1S/C17H21N3O3/c1-12-11-20(9-10-23-12)16(21)8-4-7-15-18-14-6-3-2-5-13(14)17(22)19-15/h2-3,5-6,12H,4,7-11H2,1H3,(H,18,19,22).